The lowest BCUT2D eigenvalue weighted by atomic mass is 10.7. The Labute approximate surface area is 104 Å². The molecule has 0 aromatic carbocycles. The molecule has 0 atom stereocenters. The maximum Gasteiger partial charge on any atom is 0.436 e. The summed E-state index contributed by atoms with van der Waals surface area (Å²) >= 11 is 1.08. The molecule has 0 saturated carbocycles. The number of ether oxygens (including phenoxy) is 2. The van der Waals surface area contributed by atoms with Gasteiger partial charge in [-0.25, -0.2) is 9.59 Å². The number of aliphatic imine (C=N–C) groups is 1. The van der Waals surface area contributed by atoms with Crippen LogP contribution in [0.3, 0.4) is 0 Å². The van der Waals surface area contributed by atoms with Crippen LogP contribution in [0.25, 0.3) is 0 Å². The highest BCUT2D eigenvalue weighted by Gasteiger charge is 2.08. The van der Waals surface area contributed by atoms with Crippen molar-refractivity contribution < 1.29 is 19.1 Å². The van der Waals surface area contributed by atoms with Gasteiger partial charge in [0.2, 0.25) is 0 Å². The minimum absolute atomic E-state index is 0.0604. The maximum absolute atomic E-state index is 11.1. The number of amides is 2. The highest BCUT2D eigenvalue weighted by molar-refractivity contribution is 8.13. The number of nitrogens with zero attached hydrogens (tertiary/aromatic N) is 1. The summed E-state index contributed by atoms with van der Waals surface area (Å²) < 4.78 is 9.28. The second kappa shape index (κ2) is 9.46. The fourth-order valence-electron chi connectivity index (χ4n) is 0.628. The van der Waals surface area contributed by atoms with Crippen molar-refractivity contribution in [1.82, 2.24) is 5.32 Å². The van der Waals surface area contributed by atoms with E-state index in [9.17, 15) is 9.59 Å². The molecule has 0 bridgehead atoms. The molecule has 6 nitrogen and oxygen atoms in total. The third-order valence-corrected chi connectivity index (χ3v) is 1.83. The van der Waals surface area contributed by atoms with Gasteiger partial charge in [-0.1, -0.05) is 37.1 Å². The minimum atomic E-state index is -0.807. The van der Waals surface area contributed by atoms with Crippen LogP contribution in [0.4, 0.5) is 9.59 Å². The molecule has 0 unspecified atom stereocenters. The molecule has 0 rings (SSSR count). The Morgan fingerprint density at radius 1 is 1.29 bits per heavy atom. The number of hydrogen-bond acceptors (Lipinski definition) is 5. The quantitative estimate of drug-likeness (QED) is 0.473. The Kier molecular flexibility index (Phi) is 8.48. The monoisotopic (exact) mass is 258 g/mol. The van der Waals surface area contributed by atoms with E-state index >= 15 is 0 Å². The fourth-order valence-corrected chi connectivity index (χ4v) is 0.979. The molecule has 0 heterocycles. The third kappa shape index (κ3) is 8.09. The third-order valence-electron chi connectivity index (χ3n) is 1.25. The van der Waals surface area contributed by atoms with E-state index in [2.05, 4.69) is 32.9 Å². The molecular formula is C10H14N2O4S. The molecule has 0 aliphatic heterocycles. The number of amidine groups is 1. The first-order valence-electron chi connectivity index (χ1n) is 4.59. The van der Waals surface area contributed by atoms with Gasteiger partial charge in [-0.3, -0.25) is 5.32 Å². The van der Waals surface area contributed by atoms with Gasteiger partial charge in [-0.15, -0.1) is 0 Å². The van der Waals surface area contributed by atoms with Crippen LogP contribution in [-0.2, 0) is 9.47 Å². The summed E-state index contributed by atoms with van der Waals surface area (Å²) in [5, 5.41) is 2.38. The zero-order chi connectivity index (χ0) is 13.1. The summed E-state index contributed by atoms with van der Waals surface area (Å²) in [6.45, 7) is 6.91. The largest absolute Gasteiger partial charge is 0.445 e. The molecule has 0 aromatic rings. The van der Waals surface area contributed by atoms with Crippen molar-refractivity contribution in [2.45, 2.75) is 0 Å². The number of alkyl carbamates (subject to hydrolysis) is 1. The number of thioether (sulfide) groups is 1. The van der Waals surface area contributed by atoms with Crippen LogP contribution in [0.15, 0.2) is 30.3 Å². The fraction of sp³-hybridized carbons (Fsp3) is 0.300. The first-order valence-corrected chi connectivity index (χ1v) is 5.81. The normalized spacial score (nSPS) is 10.3. The van der Waals surface area contributed by atoms with Gasteiger partial charge in [0.15, 0.2) is 5.17 Å². The molecule has 0 aliphatic carbocycles. The molecule has 7 heteroatoms. The van der Waals surface area contributed by atoms with E-state index in [-0.39, 0.29) is 18.4 Å². The summed E-state index contributed by atoms with van der Waals surface area (Å²) in [7, 11) is 0. The smallest absolute Gasteiger partial charge is 0.436 e. The van der Waals surface area contributed by atoms with E-state index in [1.807, 2.05) is 0 Å². The van der Waals surface area contributed by atoms with Gasteiger partial charge in [0.05, 0.1) is 0 Å². The van der Waals surface area contributed by atoms with Gasteiger partial charge >= 0.3 is 12.2 Å². The predicted molar refractivity (Wildman–Crippen MR) is 67.2 cm³/mol. The van der Waals surface area contributed by atoms with E-state index in [0.29, 0.717) is 0 Å². The van der Waals surface area contributed by atoms with Crippen LogP contribution in [0.2, 0.25) is 0 Å². The van der Waals surface area contributed by atoms with E-state index in [1.165, 1.54) is 12.2 Å². The van der Waals surface area contributed by atoms with Gasteiger partial charge < -0.3 is 9.47 Å². The molecule has 1 N–H and O–H groups in total. The van der Waals surface area contributed by atoms with Gasteiger partial charge in [0.1, 0.15) is 13.2 Å². The second-order valence-electron chi connectivity index (χ2n) is 2.50. The van der Waals surface area contributed by atoms with Crippen LogP contribution < -0.4 is 5.32 Å². The summed E-state index contributed by atoms with van der Waals surface area (Å²) in [6, 6.07) is 0. The number of carbonyl (C=O) groups excluding carboxylic acids is 2. The average Bonchev–Trinajstić information content (AvgIpc) is 2.32. The number of carbonyl (C=O) groups is 2. The summed E-state index contributed by atoms with van der Waals surface area (Å²) in [5.41, 5.74) is 0. The Morgan fingerprint density at radius 3 is 2.41 bits per heavy atom. The average molecular weight is 258 g/mol. The first kappa shape index (κ1) is 15.2. The number of hydrogen-bond donors (Lipinski definition) is 1. The molecule has 0 aliphatic rings. The van der Waals surface area contributed by atoms with Crippen molar-refractivity contribution in [1.29, 1.82) is 0 Å². The molecular weight excluding hydrogens is 244 g/mol. The lowest BCUT2D eigenvalue weighted by Crippen LogP contribution is -2.29. The minimum Gasteiger partial charge on any atom is -0.445 e. The van der Waals surface area contributed by atoms with E-state index < -0.39 is 12.2 Å². The molecule has 17 heavy (non-hydrogen) atoms. The standard InChI is InChI=1S/C10H14N2O4S/c1-4-6-15-9(13)11-8(17-3)12-10(14)16-7-5-2/h4-5H,1-2,6-7H2,3H3,(H,11,12,13,14). The van der Waals surface area contributed by atoms with Crippen LogP contribution in [0.1, 0.15) is 0 Å². The van der Waals surface area contributed by atoms with Crippen molar-refractivity contribution in [3.05, 3.63) is 25.3 Å². The molecule has 0 radical (unpaired) electrons. The molecule has 0 aromatic heterocycles. The van der Waals surface area contributed by atoms with Crippen molar-refractivity contribution in [2.24, 2.45) is 4.99 Å². The van der Waals surface area contributed by atoms with Crippen LogP contribution >= 0.6 is 11.8 Å². The first-order chi connectivity index (χ1) is 8.13. The molecule has 0 fully saturated rings. The highest BCUT2D eigenvalue weighted by Crippen LogP contribution is 1.98. The topological polar surface area (TPSA) is 77.0 Å². The lowest BCUT2D eigenvalue weighted by molar-refractivity contribution is 0.164. The van der Waals surface area contributed by atoms with Crippen LogP contribution in [0.5, 0.6) is 0 Å². The summed E-state index contributed by atoms with van der Waals surface area (Å²) in [4.78, 5) is 25.7. The molecule has 0 saturated heterocycles. The van der Waals surface area contributed by atoms with Crippen LogP contribution in [0, 0.1) is 0 Å². The molecule has 94 valence electrons. The highest BCUT2D eigenvalue weighted by atomic mass is 32.2. The van der Waals surface area contributed by atoms with Crippen molar-refractivity contribution in [3.63, 3.8) is 0 Å². The van der Waals surface area contributed by atoms with E-state index in [1.54, 1.807) is 6.26 Å². The van der Waals surface area contributed by atoms with Crippen LogP contribution in [-0.4, -0.2) is 36.8 Å². The SMILES string of the molecule is C=CCOC(=O)/N=C(/NC(=O)OCC=C)SC. The zero-order valence-electron chi connectivity index (χ0n) is 9.47. The van der Waals surface area contributed by atoms with E-state index in [0.717, 1.165) is 11.8 Å². The summed E-state index contributed by atoms with van der Waals surface area (Å²) in [5.74, 6) is 0. The Balaban J connectivity index is 4.25. The zero-order valence-corrected chi connectivity index (χ0v) is 10.3. The Hall–Kier alpha value is -1.76. The summed E-state index contributed by atoms with van der Waals surface area (Å²) in [6.07, 6.45) is 2.96. The molecule has 0 spiro atoms. The van der Waals surface area contributed by atoms with Crippen molar-refractivity contribution in [3.8, 4) is 0 Å². The lowest BCUT2D eigenvalue weighted by Gasteiger charge is -2.05. The second-order valence-corrected chi connectivity index (χ2v) is 3.29. The van der Waals surface area contributed by atoms with Crippen molar-refractivity contribution >= 4 is 29.1 Å². The van der Waals surface area contributed by atoms with Gasteiger partial charge in [0, 0.05) is 0 Å². The number of nitrogens with one attached hydrogen (secondary N) is 1. The van der Waals surface area contributed by atoms with Crippen molar-refractivity contribution in [2.75, 3.05) is 19.5 Å². The van der Waals surface area contributed by atoms with E-state index in [4.69, 9.17) is 0 Å². The Bertz CT molecular complexity index is 328. The van der Waals surface area contributed by atoms with Gasteiger partial charge in [-0.05, 0) is 6.26 Å². The predicted octanol–water partition coefficient (Wildman–Crippen LogP) is 1.94. The maximum atomic E-state index is 11.1. The number of rotatable bonds is 4. The Morgan fingerprint density at radius 2 is 1.88 bits per heavy atom. The van der Waals surface area contributed by atoms with Gasteiger partial charge in [0.25, 0.3) is 0 Å². The molecule has 2 amide bonds. The van der Waals surface area contributed by atoms with Gasteiger partial charge in [-0.2, -0.15) is 4.99 Å².